The number of hydrogen-bond donors (Lipinski definition) is 1. The molecule has 1 N–H and O–H groups in total. The zero-order chi connectivity index (χ0) is 16.9. The van der Waals surface area contributed by atoms with Crippen LogP contribution in [0.2, 0.25) is 0 Å². The fourth-order valence-electron chi connectivity index (χ4n) is 2.20. The van der Waals surface area contributed by atoms with Gasteiger partial charge in [-0.15, -0.1) is 0 Å². The standard InChI is InChI=1S/C18H15FN2O3/c19-14-5-7-16(8-6-14)21-10-9-15(20-21)12-24-18(23)11-13-3-1-2-4-17(13)22/h1-10,22H,11-12H2. The number of carbonyl (C=O) groups is 1. The molecular weight excluding hydrogens is 311 g/mol. The molecule has 3 aromatic rings. The number of halogens is 1. The van der Waals surface area contributed by atoms with E-state index in [0.29, 0.717) is 16.9 Å². The Morgan fingerprint density at radius 3 is 2.62 bits per heavy atom. The molecule has 0 spiro atoms. The Morgan fingerprint density at radius 2 is 1.88 bits per heavy atom. The highest BCUT2D eigenvalue weighted by molar-refractivity contribution is 5.73. The first kappa shape index (κ1) is 15.7. The molecule has 24 heavy (non-hydrogen) atoms. The lowest BCUT2D eigenvalue weighted by Crippen LogP contribution is -2.08. The number of phenols is 1. The number of esters is 1. The summed E-state index contributed by atoms with van der Waals surface area (Å²) < 4.78 is 19.7. The van der Waals surface area contributed by atoms with Gasteiger partial charge in [0.25, 0.3) is 0 Å². The molecule has 1 heterocycles. The number of para-hydroxylation sites is 1. The van der Waals surface area contributed by atoms with Crippen molar-refractivity contribution in [2.24, 2.45) is 0 Å². The van der Waals surface area contributed by atoms with E-state index >= 15 is 0 Å². The molecule has 5 nitrogen and oxygen atoms in total. The average molecular weight is 326 g/mol. The summed E-state index contributed by atoms with van der Waals surface area (Å²) in [5.74, 6) is -0.702. The first-order valence-corrected chi connectivity index (χ1v) is 7.35. The highest BCUT2D eigenvalue weighted by Gasteiger charge is 2.10. The van der Waals surface area contributed by atoms with Crippen LogP contribution in [0.4, 0.5) is 4.39 Å². The van der Waals surface area contributed by atoms with Crippen molar-refractivity contribution in [3.05, 3.63) is 77.9 Å². The lowest BCUT2D eigenvalue weighted by Gasteiger charge is -2.05. The van der Waals surface area contributed by atoms with E-state index in [1.165, 1.54) is 18.2 Å². The Hall–Kier alpha value is -3.15. The van der Waals surface area contributed by atoms with Crippen LogP contribution >= 0.6 is 0 Å². The van der Waals surface area contributed by atoms with Crippen LogP contribution in [-0.4, -0.2) is 20.9 Å². The summed E-state index contributed by atoms with van der Waals surface area (Å²) in [4.78, 5) is 11.8. The average Bonchev–Trinajstić information content (AvgIpc) is 3.05. The third kappa shape index (κ3) is 3.78. The fraction of sp³-hybridized carbons (Fsp3) is 0.111. The van der Waals surface area contributed by atoms with Crippen molar-refractivity contribution < 1.29 is 19.0 Å². The number of ether oxygens (including phenoxy) is 1. The van der Waals surface area contributed by atoms with Crippen LogP contribution < -0.4 is 0 Å². The minimum atomic E-state index is -0.451. The van der Waals surface area contributed by atoms with Crippen LogP contribution in [0.5, 0.6) is 5.75 Å². The Balaban J connectivity index is 1.58. The Bertz CT molecular complexity index is 843. The normalized spacial score (nSPS) is 10.5. The molecule has 122 valence electrons. The van der Waals surface area contributed by atoms with Crippen LogP contribution in [0.1, 0.15) is 11.3 Å². The van der Waals surface area contributed by atoms with Gasteiger partial charge in [-0.25, -0.2) is 9.07 Å². The largest absolute Gasteiger partial charge is 0.508 e. The van der Waals surface area contributed by atoms with Gasteiger partial charge in [0.15, 0.2) is 0 Å². The van der Waals surface area contributed by atoms with Crippen molar-refractivity contribution in [1.29, 1.82) is 0 Å². The molecule has 0 aliphatic heterocycles. The molecule has 0 aliphatic rings. The molecule has 0 bridgehead atoms. The fourth-order valence-corrected chi connectivity index (χ4v) is 2.20. The van der Waals surface area contributed by atoms with E-state index in [-0.39, 0.29) is 24.6 Å². The third-order valence-corrected chi connectivity index (χ3v) is 3.44. The number of aromatic hydroxyl groups is 1. The van der Waals surface area contributed by atoms with E-state index in [0.717, 1.165) is 0 Å². The number of nitrogens with zero attached hydrogens (tertiary/aromatic N) is 2. The van der Waals surface area contributed by atoms with E-state index in [1.807, 2.05) is 0 Å². The van der Waals surface area contributed by atoms with Gasteiger partial charge in [-0.1, -0.05) is 18.2 Å². The summed E-state index contributed by atoms with van der Waals surface area (Å²) in [7, 11) is 0. The van der Waals surface area contributed by atoms with E-state index in [4.69, 9.17) is 4.74 Å². The smallest absolute Gasteiger partial charge is 0.310 e. The Labute approximate surface area is 137 Å². The number of hydrogen-bond acceptors (Lipinski definition) is 4. The summed E-state index contributed by atoms with van der Waals surface area (Å²) in [6.07, 6.45) is 1.70. The number of rotatable bonds is 5. The maximum absolute atomic E-state index is 12.9. The van der Waals surface area contributed by atoms with Crippen molar-refractivity contribution in [2.75, 3.05) is 0 Å². The van der Waals surface area contributed by atoms with Crippen molar-refractivity contribution in [2.45, 2.75) is 13.0 Å². The van der Waals surface area contributed by atoms with Crippen molar-refractivity contribution in [1.82, 2.24) is 9.78 Å². The van der Waals surface area contributed by atoms with Gasteiger partial charge in [0.2, 0.25) is 0 Å². The summed E-state index contributed by atoms with van der Waals surface area (Å²) in [5, 5.41) is 13.9. The molecular formula is C18H15FN2O3. The highest BCUT2D eigenvalue weighted by atomic mass is 19.1. The minimum Gasteiger partial charge on any atom is -0.508 e. The molecule has 3 rings (SSSR count). The van der Waals surface area contributed by atoms with E-state index in [2.05, 4.69) is 5.10 Å². The lowest BCUT2D eigenvalue weighted by molar-refractivity contribution is -0.144. The molecule has 0 atom stereocenters. The van der Waals surface area contributed by atoms with Gasteiger partial charge in [0, 0.05) is 11.8 Å². The van der Waals surface area contributed by atoms with E-state index in [1.54, 1.807) is 47.3 Å². The molecule has 0 radical (unpaired) electrons. The molecule has 6 heteroatoms. The summed E-state index contributed by atoms with van der Waals surface area (Å²) in [6, 6.07) is 14.3. The van der Waals surface area contributed by atoms with Crippen LogP contribution in [-0.2, 0) is 22.6 Å². The van der Waals surface area contributed by atoms with Gasteiger partial charge in [-0.3, -0.25) is 4.79 Å². The minimum absolute atomic E-state index is 0.00859. The first-order chi connectivity index (χ1) is 11.6. The Kier molecular flexibility index (Phi) is 4.56. The van der Waals surface area contributed by atoms with E-state index in [9.17, 15) is 14.3 Å². The second-order valence-corrected chi connectivity index (χ2v) is 5.19. The van der Waals surface area contributed by atoms with Crippen LogP contribution in [0.25, 0.3) is 5.69 Å². The zero-order valence-electron chi connectivity index (χ0n) is 12.7. The molecule has 1 aromatic heterocycles. The van der Waals surface area contributed by atoms with Gasteiger partial charge in [0.1, 0.15) is 23.9 Å². The van der Waals surface area contributed by atoms with Crippen LogP contribution in [0.3, 0.4) is 0 Å². The molecule has 0 amide bonds. The topological polar surface area (TPSA) is 64.3 Å². The third-order valence-electron chi connectivity index (χ3n) is 3.44. The second-order valence-electron chi connectivity index (χ2n) is 5.19. The molecule has 0 aliphatic carbocycles. The monoisotopic (exact) mass is 326 g/mol. The van der Waals surface area contributed by atoms with Crippen molar-refractivity contribution in [3.8, 4) is 11.4 Å². The van der Waals surface area contributed by atoms with Crippen molar-refractivity contribution in [3.63, 3.8) is 0 Å². The number of benzene rings is 2. The van der Waals surface area contributed by atoms with Gasteiger partial charge in [-0.05, 0) is 36.4 Å². The molecule has 0 saturated heterocycles. The lowest BCUT2D eigenvalue weighted by atomic mass is 10.1. The maximum atomic E-state index is 12.9. The van der Waals surface area contributed by atoms with Gasteiger partial charge in [0.05, 0.1) is 12.1 Å². The number of phenolic OH excluding ortho intramolecular Hbond substituents is 1. The van der Waals surface area contributed by atoms with Gasteiger partial charge < -0.3 is 9.84 Å². The van der Waals surface area contributed by atoms with Gasteiger partial charge >= 0.3 is 5.97 Å². The highest BCUT2D eigenvalue weighted by Crippen LogP contribution is 2.16. The van der Waals surface area contributed by atoms with Gasteiger partial charge in [-0.2, -0.15) is 5.10 Å². The SMILES string of the molecule is O=C(Cc1ccccc1O)OCc1ccn(-c2ccc(F)cc2)n1. The van der Waals surface area contributed by atoms with E-state index < -0.39 is 5.97 Å². The maximum Gasteiger partial charge on any atom is 0.310 e. The number of aromatic nitrogens is 2. The summed E-state index contributed by atoms with van der Waals surface area (Å²) in [5.41, 5.74) is 1.80. The molecule has 0 fully saturated rings. The first-order valence-electron chi connectivity index (χ1n) is 7.35. The van der Waals surface area contributed by atoms with Crippen molar-refractivity contribution >= 4 is 5.97 Å². The quantitative estimate of drug-likeness (QED) is 0.732. The number of carbonyl (C=O) groups excluding carboxylic acids is 1. The molecule has 0 saturated carbocycles. The summed E-state index contributed by atoms with van der Waals surface area (Å²) >= 11 is 0. The summed E-state index contributed by atoms with van der Waals surface area (Å²) in [6.45, 7) is 0.0284. The van der Waals surface area contributed by atoms with Crippen LogP contribution in [0.15, 0.2) is 60.8 Å². The second kappa shape index (κ2) is 6.95. The predicted octanol–water partition coefficient (Wildman–Crippen LogP) is 3.00. The molecule has 2 aromatic carbocycles. The molecule has 0 unspecified atom stereocenters. The zero-order valence-corrected chi connectivity index (χ0v) is 12.7. The predicted molar refractivity (Wildman–Crippen MR) is 85.1 cm³/mol. The Morgan fingerprint density at radius 1 is 1.12 bits per heavy atom. The van der Waals surface area contributed by atoms with Crippen LogP contribution in [0, 0.1) is 5.82 Å².